The van der Waals surface area contributed by atoms with E-state index in [-0.39, 0.29) is 39.6 Å². The first-order chi connectivity index (χ1) is 16.0. The number of anilines is 1. The van der Waals surface area contributed by atoms with Gasteiger partial charge < -0.3 is 11.1 Å². The number of aromatic nitrogens is 2. The third-order valence-electron chi connectivity index (χ3n) is 5.10. The summed E-state index contributed by atoms with van der Waals surface area (Å²) < 4.78 is 18.4. The van der Waals surface area contributed by atoms with Gasteiger partial charge in [-0.2, -0.15) is 0 Å². The lowest BCUT2D eigenvalue weighted by molar-refractivity contribution is -0.124. The molecule has 0 aliphatic heterocycles. The average Bonchev–Trinajstić information content (AvgIpc) is 3.28. The van der Waals surface area contributed by atoms with Crippen molar-refractivity contribution in [2.24, 2.45) is 21.6 Å². The summed E-state index contributed by atoms with van der Waals surface area (Å²) in [6.07, 6.45) is 5.68. The van der Waals surface area contributed by atoms with Crippen LogP contribution in [0.4, 0.5) is 15.9 Å². The number of amidine groups is 1. The van der Waals surface area contributed by atoms with Crippen LogP contribution in [0.2, 0.25) is 0 Å². The Labute approximate surface area is 198 Å². The summed E-state index contributed by atoms with van der Waals surface area (Å²) in [5.41, 5.74) is 8.27. The third kappa shape index (κ3) is 7.22. The summed E-state index contributed by atoms with van der Waals surface area (Å²) in [6.45, 7) is 0.822. The maximum absolute atomic E-state index is 13.4. The molecule has 0 unspecified atom stereocenters. The number of aliphatic imine (C=N–C) groups is 2. The standard InChI is InChI=1S/C20H26BrFN8O3/c21-14-11-13(7-8-15(14)22)26-18(28-32)16-17(30-33-29-16)24-9-4-10-25-20(23)27-19(31)12-5-2-1-3-6-12/h7-8,11-12,32H,1-6,9-10H2,(H,24,30)(H,26,28)(H3,23,25,27,31). The van der Waals surface area contributed by atoms with E-state index in [1.807, 2.05) is 5.48 Å². The van der Waals surface area contributed by atoms with Crippen molar-refractivity contribution < 1.29 is 19.0 Å². The van der Waals surface area contributed by atoms with E-state index in [9.17, 15) is 14.4 Å². The summed E-state index contributed by atoms with van der Waals surface area (Å²) in [5, 5.41) is 22.7. The summed E-state index contributed by atoms with van der Waals surface area (Å²) >= 11 is 3.08. The molecule has 0 atom stereocenters. The van der Waals surface area contributed by atoms with Gasteiger partial charge in [0.15, 0.2) is 17.5 Å². The van der Waals surface area contributed by atoms with E-state index in [2.05, 4.69) is 46.9 Å². The van der Waals surface area contributed by atoms with Crippen molar-refractivity contribution in [2.45, 2.75) is 38.5 Å². The number of carbonyl (C=O) groups excluding carboxylic acids is 1. The van der Waals surface area contributed by atoms with Gasteiger partial charge in [0, 0.05) is 19.0 Å². The van der Waals surface area contributed by atoms with Crippen LogP contribution in [-0.2, 0) is 4.79 Å². The zero-order valence-electron chi connectivity index (χ0n) is 17.9. The lowest BCUT2D eigenvalue weighted by Gasteiger charge is -2.20. The van der Waals surface area contributed by atoms with Gasteiger partial charge in [-0.05, 0) is 63.7 Å². The zero-order valence-corrected chi connectivity index (χ0v) is 19.4. The molecule has 1 fully saturated rings. The summed E-state index contributed by atoms with van der Waals surface area (Å²) in [4.78, 5) is 20.5. The Morgan fingerprint density at radius 3 is 2.82 bits per heavy atom. The van der Waals surface area contributed by atoms with Crippen LogP contribution >= 0.6 is 15.9 Å². The van der Waals surface area contributed by atoms with Crippen LogP contribution in [0, 0.1) is 11.7 Å². The number of halogens is 2. The molecule has 3 rings (SSSR count). The first kappa shape index (κ1) is 24.6. The van der Waals surface area contributed by atoms with E-state index >= 15 is 0 Å². The Morgan fingerprint density at radius 2 is 2.09 bits per heavy atom. The average molecular weight is 525 g/mol. The van der Waals surface area contributed by atoms with Gasteiger partial charge in [-0.1, -0.05) is 19.3 Å². The van der Waals surface area contributed by atoms with Gasteiger partial charge >= 0.3 is 0 Å². The molecule has 0 spiro atoms. The van der Waals surface area contributed by atoms with Crippen molar-refractivity contribution in [1.82, 2.24) is 21.1 Å². The molecule has 178 valence electrons. The number of nitrogens with two attached hydrogens (primary N) is 1. The minimum atomic E-state index is -0.435. The second-order valence-electron chi connectivity index (χ2n) is 7.50. The molecule has 1 aliphatic carbocycles. The first-order valence-electron chi connectivity index (χ1n) is 10.6. The second kappa shape index (κ2) is 12.3. The molecule has 6 N–H and O–H groups in total. The van der Waals surface area contributed by atoms with Gasteiger partial charge in [-0.15, -0.1) is 0 Å². The number of hydrogen-bond acceptors (Lipinski definition) is 8. The number of amides is 1. The molecule has 0 radical (unpaired) electrons. The number of benzene rings is 1. The molecule has 1 aliphatic rings. The van der Waals surface area contributed by atoms with Crippen LogP contribution < -0.4 is 21.8 Å². The highest BCUT2D eigenvalue weighted by atomic mass is 79.9. The molecule has 13 heteroatoms. The topological polar surface area (TPSA) is 163 Å². The molecule has 2 aromatic rings. The van der Waals surface area contributed by atoms with Crippen molar-refractivity contribution >= 4 is 45.1 Å². The van der Waals surface area contributed by atoms with Gasteiger partial charge in [-0.25, -0.2) is 14.0 Å². The van der Waals surface area contributed by atoms with Crippen molar-refractivity contribution in [3.05, 3.63) is 34.2 Å². The number of nitrogens with one attached hydrogen (secondary N) is 3. The molecule has 0 bridgehead atoms. The molecular weight excluding hydrogens is 499 g/mol. The molecule has 1 aromatic heterocycles. The second-order valence-corrected chi connectivity index (χ2v) is 8.36. The molecule has 1 heterocycles. The van der Waals surface area contributed by atoms with Gasteiger partial charge in [0.25, 0.3) is 0 Å². The predicted octanol–water partition coefficient (Wildman–Crippen LogP) is 2.84. The van der Waals surface area contributed by atoms with Crippen molar-refractivity contribution in [2.75, 3.05) is 18.4 Å². The maximum atomic E-state index is 13.4. The number of hydrogen-bond donors (Lipinski definition) is 5. The Morgan fingerprint density at radius 1 is 1.30 bits per heavy atom. The van der Waals surface area contributed by atoms with Crippen molar-refractivity contribution in [3.8, 4) is 0 Å². The highest BCUT2D eigenvalue weighted by Crippen LogP contribution is 2.24. The lowest BCUT2D eigenvalue weighted by atomic mass is 9.89. The molecule has 33 heavy (non-hydrogen) atoms. The van der Waals surface area contributed by atoms with Gasteiger partial charge in [-0.3, -0.25) is 25.8 Å². The Kier molecular flexibility index (Phi) is 9.13. The third-order valence-corrected chi connectivity index (χ3v) is 5.71. The quantitative estimate of drug-likeness (QED) is 0.152. The zero-order chi connectivity index (χ0) is 23.6. The number of rotatable bonds is 8. The van der Waals surface area contributed by atoms with Gasteiger partial charge in [0.05, 0.1) is 10.2 Å². The smallest absolute Gasteiger partial charge is 0.229 e. The highest BCUT2D eigenvalue weighted by Gasteiger charge is 2.21. The summed E-state index contributed by atoms with van der Waals surface area (Å²) in [7, 11) is 0. The van der Waals surface area contributed by atoms with E-state index in [0.29, 0.717) is 25.2 Å². The summed E-state index contributed by atoms with van der Waals surface area (Å²) in [5.74, 6) is -0.166. The largest absolute Gasteiger partial charge is 0.370 e. The van der Waals surface area contributed by atoms with Gasteiger partial charge in [0.2, 0.25) is 11.7 Å². The first-order valence-corrected chi connectivity index (χ1v) is 11.4. The Hall–Kier alpha value is -3.06. The monoisotopic (exact) mass is 524 g/mol. The van der Waals surface area contributed by atoms with Crippen molar-refractivity contribution in [1.29, 1.82) is 0 Å². The molecule has 1 amide bonds. The number of hydroxylamine groups is 1. The van der Waals surface area contributed by atoms with E-state index in [1.54, 1.807) is 0 Å². The Balaban J connectivity index is 1.50. The lowest BCUT2D eigenvalue weighted by Crippen LogP contribution is -2.41. The van der Waals surface area contributed by atoms with E-state index in [4.69, 9.17) is 10.4 Å². The van der Waals surface area contributed by atoms with Crippen molar-refractivity contribution in [3.63, 3.8) is 0 Å². The SMILES string of the molecule is NC(=NCCCNc1nonc1C(=Nc1ccc(F)c(Br)c1)NO)NC(=O)C1CCCCC1. The van der Waals surface area contributed by atoms with Crippen LogP contribution in [0.3, 0.4) is 0 Å². The van der Waals surface area contributed by atoms with E-state index < -0.39 is 5.82 Å². The normalized spacial score (nSPS) is 15.4. The minimum absolute atomic E-state index is 0.0132. The van der Waals surface area contributed by atoms with E-state index in [1.165, 1.54) is 24.6 Å². The molecule has 11 nitrogen and oxygen atoms in total. The minimum Gasteiger partial charge on any atom is -0.370 e. The van der Waals surface area contributed by atoms with Gasteiger partial charge in [0.1, 0.15) is 5.82 Å². The number of guanidine groups is 1. The number of carbonyl (C=O) groups is 1. The van der Waals surface area contributed by atoms with Crippen LogP contribution in [0.1, 0.15) is 44.2 Å². The highest BCUT2D eigenvalue weighted by molar-refractivity contribution is 9.10. The number of nitrogens with zero attached hydrogens (tertiary/aromatic N) is 4. The van der Waals surface area contributed by atoms with E-state index in [0.717, 1.165) is 25.7 Å². The Bertz CT molecular complexity index is 1010. The molecule has 0 saturated heterocycles. The molecule has 1 aromatic carbocycles. The molecular formula is C20H26BrFN8O3. The maximum Gasteiger partial charge on any atom is 0.229 e. The van der Waals surface area contributed by atoms with Crippen LogP contribution in [0.15, 0.2) is 37.3 Å². The van der Waals surface area contributed by atoms with Crippen LogP contribution in [-0.4, -0.2) is 46.3 Å². The fourth-order valence-electron chi connectivity index (χ4n) is 3.39. The van der Waals surface area contributed by atoms with Crippen LogP contribution in [0.25, 0.3) is 0 Å². The summed E-state index contributed by atoms with van der Waals surface area (Å²) in [6, 6.07) is 4.12. The predicted molar refractivity (Wildman–Crippen MR) is 124 cm³/mol. The van der Waals surface area contributed by atoms with Crippen LogP contribution in [0.5, 0.6) is 0 Å². The fourth-order valence-corrected chi connectivity index (χ4v) is 3.76. The fraction of sp³-hybridized carbons (Fsp3) is 0.450. The molecule has 1 saturated carbocycles.